The Morgan fingerprint density at radius 3 is 1.04 bits per heavy atom. The van der Waals surface area contributed by atoms with Crippen molar-refractivity contribution in [2.45, 2.75) is 191 Å². The van der Waals surface area contributed by atoms with Gasteiger partial charge in [0.15, 0.2) is 0 Å². The summed E-state index contributed by atoms with van der Waals surface area (Å²) in [6.07, 6.45) is 27.1. The van der Waals surface area contributed by atoms with Gasteiger partial charge in [0.1, 0.15) is 0 Å². The first-order valence-corrected chi connectivity index (χ1v) is 27.2. The fourth-order valence-electron chi connectivity index (χ4n) is 6.38. The molecule has 0 aliphatic rings. The zero-order valence-corrected chi connectivity index (χ0v) is 39.7. The fourth-order valence-corrected chi connectivity index (χ4v) is 20.5. The topological polar surface area (TPSA) is 18.5 Å². The van der Waals surface area contributed by atoms with Gasteiger partial charge in [0, 0.05) is 0 Å². The quantitative estimate of drug-likeness (QED) is 0.0590. The van der Waals surface area contributed by atoms with E-state index in [2.05, 4.69) is 67.5 Å². The molecular weight excluding hydrogens is 838 g/mol. The van der Waals surface area contributed by atoms with Crippen molar-refractivity contribution in [1.82, 2.24) is 0 Å². The van der Waals surface area contributed by atoms with Crippen molar-refractivity contribution in [3.8, 4) is 11.5 Å². The van der Waals surface area contributed by atoms with Crippen LogP contribution in [0.3, 0.4) is 0 Å². The molecule has 0 bridgehead atoms. The van der Waals surface area contributed by atoms with Gasteiger partial charge in [-0.05, 0) is 0 Å². The molecule has 0 aliphatic carbocycles. The van der Waals surface area contributed by atoms with Crippen LogP contribution < -0.4 is 15.3 Å². The van der Waals surface area contributed by atoms with E-state index >= 15 is 0 Å². The summed E-state index contributed by atoms with van der Waals surface area (Å²) >= 11 is 2.60. The Morgan fingerprint density at radius 1 is 0.458 bits per heavy atom. The molecule has 0 amide bonds. The number of fused-ring (bicyclic) bond motifs is 2. The maximum atomic E-state index is 6.86. The predicted octanol–water partition coefficient (Wildman–Crippen LogP) is 13.8. The van der Waals surface area contributed by atoms with Gasteiger partial charge in [-0.1, -0.05) is 65.2 Å². The van der Waals surface area contributed by atoms with Gasteiger partial charge in [-0.25, -0.2) is 0 Å². The summed E-state index contributed by atoms with van der Waals surface area (Å²) in [5.41, 5.74) is 0. The minimum absolute atomic E-state index is 0.419. The normalized spacial score (nSPS) is 12.5. The van der Waals surface area contributed by atoms with Crippen LogP contribution in [0.4, 0.5) is 0 Å². The number of benzene rings is 1. The monoisotopic (exact) mass is 910 g/mol. The molecule has 2 nitrogen and oxygen atoms in total. The Labute approximate surface area is 325 Å². The van der Waals surface area contributed by atoms with Crippen LogP contribution in [0.1, 0.15) is 184 Å². The molecule has 6 heteroatoms. The SMILES string of the molecule is CCCCCCCCCCCCOc1c2c[c]([Sn][C](C)(C)C)sc2c(OCCCCCCCCCCCC)c2c[c]([Sn][C](C)(C)C)sc12. The van der Waals surface area contributed by atoms with Crippen molar-refractivity contribution >= 4 is 90.9 Å². The molecule has 1 aromatic carbocycles. The van der Waals surface area contributed by atoms with E-state index < -0.39 is 42.3 Å². The number of rotatable bonds is 26. The van der Waals surface area contributed by atoms with Crippen molar-refractivity contribution in [3.63, 3.8) is 0 Å². The van der Waals surface area contributed by atoms with E-state index in [4.69, 9.17) is 9.47 Å². The molecule has 0 spiro atoms. The Bertz CT molecular complexity index is 1140. The van der Waals surface area contributed by atoms with Crippen molar-refractivity contribution in [1.29, 1.82) is 0 Å². The Balaban J connectivity index is 1.72. The molecule has 0 aliphatic heterocycles. The fraction of sp³-hybridized carbons (Fsp3) is 0.762. The summed E-state index contributed by atoms with van der Waals surface area (Å²) in [6.45, 7) is 20.8. The molecule has 0 saturated heterocycles. The van der Waals surface area contributed by atoms with E-state index in [0.29, 0.717) is 6.86 Å². The van der Waals surface area contributed by atoms with Gasteiger partial charge in [0.05, 0.1) is 0 Å². The first-order chi connectivity index (χ1) is 23.0. The van der Waals surface area contributed by atoms with E-state index in [1.165, 1.54) is 147 Å². The van der Waals surface area contributed by atoms with Gasteiger partial charge in [0.25, 0.3) is 0 Å². The third kappa shape index (κ3) is 16.3. The number of thiophene rings is 2. The van der Waals surface area contributed by atoms with Gasteiger partial charge in [-0.2, -0.15) is 0 Å². The third-order valence-corrected chi connectivity index (χ3v) is 20.4. The summed E-state index contributed by atoms with van der Waals surface area (Å²) in [5.74, 6) is 2.34. The van der Waals surface area contributed by atoms with Crippen LogP contribution in [-0.4, -0.2) is 55.5 Å². The maximum absolute atomic E-state index is 6.86. The van der Waals surface area contributed by atoms with Gasteiger partial charge in [-0.3, -0.25) is 0 Å². The van der Waals surface area contributed by atoms with Gasteiger partial charge in [0.2, 0.25) is 0 Å². The van der Waals surface area contributed by atoms with Gasteiger partial charge < -0.3 is 0 Å². The molecule has 0 saturated carbocycles. The van der Waals surface area contributed by atoms with Crippen LogP contribution in [0.2, 0.25) is 6.86 Å². The molecule has 0 fully saturated rings. The van der Waals surface area contributed by atoms with E-state index in [1.807, 2.05) is 22.7 Å². The van der Waals surface area contributed by atoms with E-state index in [-0.39, 0.29) is 0 Å². The number of hydrogen-bond donors (Lipinski definition) is 0. The van der Waals surface area contributed by atoms with E-state index in [9.17, 15) is 0 Å². The average Bonchev–Trinajstić information content (AvgIpc) is 3.61. The van der Waals surface area contributed by atoms with Crippen LogP contribution in [-0.2, 0) is 0 Å². The van der Waals surface area contributed by atoms with Crippen molar-refractivity contribution < 1.29 is 9.47 Å². The van der Waals surface area contributed by atoms with Crippen LogP contribution in [0, 0.1) is 0 Å². The van der Waals surface area contributed by atoms with E-state index in [0.717, 1.165) is 26.1 Å². The average molecular weight is 909 g/mol. The number of ether oxygens (including phenoxy) is 2. The predicted molar refractivity (Wildman–Crippen MR) is 222 cm³/mol. The van der Waals surface area contributed by atoms with Crippen LogP contribution in [0.15, 0.2) is 12.1 Å². The summed E-state index contributed by atoms with van der Waals surface area (Å²) in [7, 11) is 0. The standard InChI is InChI=1S/C34H52O2S2.2C4H9.2Sn/c1-3-5-7-9-11-13-15-17-19-21-25-35-31-29-23-27-38-34(29)32(30-24-28-37-33(30)31)36-26-22-20-18-16-14-12-10-8-6-4-2;2*1-4(2)3;;/h23-24H,3-22,25-26H2,1-2H3;2*1-3H3;;. The molecule has 4 radical (unpaired) electrons. The molecule has 0 atom stereocenters. The van der Waals surface area contributed by atoms with Crippen LogP contribution in [0.25, 0.3) is 20.2 Å². The molecule has 2 heterocycles. The summed E-state index contributed by atoms with van der Waals surface area (Å²) in [4.78, 5) is 0. The number of unbranched alkanes of at least 4 members (excludes halogenated alkanes) is 18. The summed E-state index contributed by atoms with van der Waals surface area (Å²) < 4.78 is 20.5. The molecule has 0 unspecified atom stereocenters. The molecular formula is C42H70O2S2Sn2. The Morgan fingerprint density at radius 2 is 0.750 bits per heavy atom. The second-order valence-corrected chi connectivity index (χ2v) is 33.4. The Kier molecular flexibility index (Phi) is 20.6. The summed E-state index contributed by atoms with van der Waals surface area (Å²) in [6, 6.07) is 5.06. The zero-order chi connectivity index (χ0) is 34.8. The number of hydrogen-bond acceptors (Lipinski definition) is 4. The Hall–Kier alpha value is 0.337. The molecule has 48 heavy (non-hydrogen) atoms. The summed E-state index contributed by atoms with van der Waals surface area (Å²) in [5, 5.41) is 2.68. The molecule has 270 valence electrons. The first kappa shape index (κ1) is 42.7. The van der Waals surface area contributed by atoms with Crippen molar-refractivity contribution in [2.24, 2.45) is 0 Å². The van der Waals surface area contributed by atoms with E-state index in [1.54, 1.807) is 5.79 Å². The first-order valence-electron chi connectivity index (χ1n) is 19.9. The zero-order valence-electron chi connectivity index (χ0n) is 32.3. The van der Waals surface area contributed by atoms with Crippen molar-refractivity contribution in [3.05, 3.63) is 12.1 Å². The minimum atomic E-state index is -0.736. The second kappa shape index (κ2) is 23.1. The van der Waals surface area contributed by atoms with Gasteiger partial charge >= 0.3 is 263 Å². The molecule has 2 aromatic heterocycles. The van der Waals surface area contributed by atoms with Crippen molar-refractivity contribution in [2.75, 3.05) is 13.2 Å². The van der Waals surface area contributed by atoms with Crippen LogP contribution >= 0.6 is 22.7 Å². The van der Waals surface area contributed by atoms with Crippen LogP contribution in [0.5, 0.6) is 11.5 Å². The van der Waals surface area contributed by atoms with Gasteiger partial charge in [-0.15, -0.1) is 0 Å². The molecule has 0 N–H and O–H groups in total. The molecule has 3 aromatic rings. The third-order valence-electron chi connectivity index (χ3n) is 8.85. The second-order valence-electron chi connectivity index (χ2n) is 16.2. The molecule has 3 rings (SSSR count).